The molecular weight excluding hydrogens is 330 g/mol. The molecule has 0 amide bonds. The standard InChI is InChI=1S/C17H12ClN3OS/c1-10-8-12(4-3-6-19)9-11(2)14(10)22-15-13-5-7-23-16(13)21-17(18)20-15/h3-5,7-9H,1-2H3/b4-3+. The zero-order chi connectivity index (χ0) is 16.4. The fourth-order valence-electron chi connectivity index (χ4n) is 2.35. The van der Waals surface area contributed by atoms with Gasteiger partial charge in [0, 0.05) is 6.08 Å². The predicted octanol–water partition coefficient (Wildman–Crippen LogP) is 5.29. The van der Waals surface area contributed by atoms with E-state index in [1.54, 1.807) is 6.08 Å². The number of rotatable bonds is 3. The third-order valence-electron chi connectivity index (χ3n) is 3.29. The van der Waals surface area contributed by atoms with E-state index >= 15 is 0 Å². The largest absolute Gasteiger partial charge is 0.438 e. The highest BCUT2D eigenvalue weighted by Gasteiger charge is 2.13. The van der Waals surface area contributed by atoms with E-state index in [2.05, 4.69) is 9.97 Å². The summed E-state index contributed by atoms with van der Waals surface area (Å²) in [6, 6.07) is 7.83. The monoisotopic (exact) mass is 341 g/mol. The fraction of sp³-hybridized carbons (Fsp3) is 0.118. The number of aromatic nitrogens is 2. The Morgan fingerprint density at radius 1 is 1.26 bits per heavy atom. The van der Waals surface area contributed by atoms with Crippen molar-refractivity contribution in [1.82, 2.24) is 9.97 Å². The summed E-state index contributed by atoms with van der Waals surface area (Å²) >= 11 is 7.46. The topological polar surface area (TPSA) is 58.8 Å². The third kappa shape index (κ3) is 3.19. The Labute approximate surface area is 142 Å². The molecule has 2 aromatic heterocycles. The van der Waals surface area contributed by atoms with Crippen LogP contribution in [0.4, 0.5) is 0 Å². The molecule has 6 heteroatoms. The average Bonchev–Trinajstić information content (AvgIpc) is 2.96. The van der Waals surface area contributed by atoms with Crippen molar-refractivity contribution in [2.24, 2.45) is 0 Å². The van der Waals surface area contributed by atoms with Gasteiger partial charge in [0.05, 0.1) is 11.5 Å². The number of hydrogen-bond donors (Lipinski definition) is 0. The molecule has 0 radical (unpaired) electrons. The van der Waals surface area contributed by atoms with Crippen molar-refractivity contribution in [2.45, 2.75) is 13.8 Å². The molecule has 23 heavy (non-hydrogen) atoms. The van der Waals surface area contributed by atoms with Crippen LogP contribution in [0.15, 0.2) is 29.7 Å². The second-order valence-corrected chi connectivity index (χ2v) is 6.22. The van der Waals surface area contributed by atoms with Crippen LogP contribution in [-0.4, -0.2) is 9.97 Å². The number of ether oxygens (including phenoxy) is 1. The van der Waals surface area contributed by atoms with Crippen molar-refractivity contribution in [3.05, 3.63) is 51.6 Å². The van der Waals surface area contributed by atoms with Crippen molar-refractivity contribution in [1.29, 1.82) is 5.26 Å². The Balaban J connectivity index is 2.04. The second-order valence-electron chi connectivity index (χ2n) is 4.99. The number of hydrogen-bond acceptors (Lipinski definition) is 5. The minimum absolute atomic E-state index is 0.166. The Morgan fingerprint density at radius 3 is 2.70 bits per heavy atom. The molecule has 0 N–H and O–H groups in total. The third-order valence-corrected chi connectivity index (χ3v) is 4.27. The number of fused-ring (bicyclic) bond motifs is 1. The SMILES string of the molecule is Cc1cc(/C=C/C#N)cc(C)c1Oc1nc(Cl)nc2sccc12. The molecule has 0 aliphatic carbocycles. The number of benzene rings is 1. The molecule has 0 fully saturated rings. The van der Waals surface area contributed by atoms with Crippen LogP contribution in [0.25, 0.3) is 16.3 Å². The van der Waals surface area contributed by atoms with Gasteiger partial charge in [0.1, 0.15) is 10.6 Å². The van der Waals surface area contributed by atoms with Crippen LogP contribution in [0.1, 0.15) is 16.7 Å². The molecule has 0 unspecified atom stereocenters. The zero-order valence-corrected chi connectivity index (χ0v) is 14.1. The predicted molar refractivity (Wildman–Crippen MR) is 93.1 cm³/mol. The highest BCUT2D eigenvalue weighted by Crippen LogP contribution is 2.34. The number of aryl methyl sites for hydroxylation is 2. The van der Waals surface area contributed by atoms with Crippen molar-refractivity contribution >= 4 is 39.2 Å². The van der Waals surface area contributed by atoms with Gasteiger partial charge in [-0.15, -0.1) is 11.3 Å². The smallest absolute Gasteiger partial charge is 0.232 e. The first-order chi connectivity index (χ1) is 11.1. The Morgan fingerprint density at radius 2 is 2.00 bits per heavy atom. The Hall–Kier alpha value is -2.42. The summed E-state index contributed by atoms with van der Waals surface area (Å²) in [6.07, 6.45) is 3.22. The fourth-order valence-corrected chi connectivity index (χ4v) is 3.32. The molecule has 2 heterocycles. The second kappa shape index (κ2) is 6.37. The molecule has 0 aliphatic heterocycles. The van der Waals surface area contributed by atoms with Crippen molar-refractivity contribution in [3.63, 3.8) is 0 Å². The van der Waals surface area contributed by atoms with Crippen molar-refractivity contribution < 1.29 is 4.74 Å². The van der Waals surface area contributed by atoms with E-state index in [0.717, 1.165) is 32.7 Å². The summed E-state index contributed by atoms with van der Waals surface area (Å²) < 4.78 is 6.03. The summed E-state index contributed by atoms with van der Waals surface area (Å²) in [5, 5.41) is 11.6. The molecule has 0 atom stereocenters. The molecule has 1 aromatic carbocycles. The van der Waals surface area contributed by atoms with E-state index in [1.807, 2.05) is 43.5 Å². The molecule has 4 nitrogen and oxygen atoms in total. The molecule has 0 aliphatic rings. The number of halogens is 1. The van der Waals surface area contributed by atoms with Crippen molar-refractivity contribution in [3.8, 4) is 17.7 Å². The van der Waals surface area contributed by atoms with E-state index in [-0.39, 0.29) is 5.28 Å². The first-order valence-corrected chi connectivity index (χ1v) is 8.10. The van der Waals surface area contributed by atoms with Gasteiger partial charge in [-0.1, -0.05) is 0 Å². The molecule has 0 saturated heterocycles. The van der Waals surface area contributed by atoms with Gasteiger partial charge in [0.15, 0.2) is 0 Å². The van der Waals surface area contributed by atoms with E-state index in [9.17, 15) is 0 Å². The van der Waals surface area contributed by atoms with Crippen LogP contribution in [0, 0.1) is 25.2 Å². The molecule has 114 valence electrons. The molecule has 0 saturated carbocycles. The number of thiophene rings is 1. The summed E-state index contributed by atoms with van der Waals surface area (Å²) in [6.45, 7) is 3.92. The molecular formula is C17H12ClN3OS. The maximum atomic E-state index is 8.63. The summed E-state index contributed by atoms with van der Waals surface area (Å²) in [7, 11) is 0. The quantitative estimate of drug-likeness (QED) is 0.479. The highest BCUT2D eigenvalue weighted by atomic mass is 35.5. The van der Waals surface area contributed by atoms with Crippen LogP contribution in [0.5, 0.6) is 11.6 Å². The van der Waals surface area contributed by atoms with E-state index in [4.69, 9.17) is 21.6 Å². The lowest BCUT2D eigenvalue weighted by molar-refractivity contribution is 0.461. The van der Waals surface area contributed by atoms with Crippen LogP contribution in [0.3, 0.4) is 0 Å². The lowest BCUT2D eigenvalue weighted by Crippen LogP contribution is -1.96. The summed E-state index contributed by atoms with van der Waals surface area (Å²) in [5.74, 6) is 1.19. The highest BCUT2D eigenvalue weighted by molar-refractivity contribution is 7.16. The van der Waals surface area contributed by atoms with Gasteiger partial charge in [-0.05, 0) is 71.8 Å². The first-order valence-electron chi connectivity index (χ1n) is 6.84. The van der Waals surface area contributed by atoms with Gasteiger partial charge < -0.3 is 4.74 Å². The normalized spacial score (nSPS) is 11.0. The lowest BCUT2D eigenvalue weighted by atomic mass is 10.1. The van der Waals surface area contributed by atoms with Gasteiger partial charge in [0.2, 0.25) is 11.2 Å². The maximum absolute atomic E-state index is 8.63. The van der Waals surface area contributed by atoms with E-state index < -0.39 is 0 Å². The lowest BCUT2D eigenvalue weighted by Gasteiger charge is -2.13. The van der Waals surface area contributed by atoms with Crippen LogP contribution in [-0.2, 0) is 0 Å². The van der Waals surface area contributed by atoms with Crippen molar-refractivity contribution in [2.75, 3.05) is 0 Å². The number of allylic oxidation sites excluding steroid dienone is 1. The Kier molecular flexibility index (Phi) is 4.28. The number of nitrogens with zero attached hydrogens (tertiary/aromatic N) is 3. The molecule has 0 spiro atoms. The van der Waals surface area contributed by atoms with Gasteiger partial charge in [0.25, 0.3) is 0 Å². The van der Waals surface area contributed by atoms with Crippen LogP contribution in [0.2, 0.25) is 5.28 Å². The summed E-state index contributed by atoms with van der Waals surface area (Å²) in [5.41, 5.74) is 2.87. The van der Waals surface area contributed by atoms with Gasteiger partial charge in [-0.2, -0.15) is 10.2 Å². The molecule has 3 rings (SSSR count). The average molecular weight is 342 g/mol. The molecule has 3 aromatic rings. The Bertz CT molecular complexity index is 933. The van der Waals surface area contributed by atoms with Gasteiger partial charge >= 0.3 is 0 Å². The first kappa shape index (κ1) is 15.5. The molecule has 0 bridgehead atoms. The van der Waals surface area contributed by atoms with Gasteiger partial charge in [-0.3, -0.25) is 0 Å². The zero-order valence-electron chi connectivity index (χ0n) is 12.5. The number of nitriles is 1. The van der Waals surface area contributed by atoms with Crippen LogP contribution < -0.4 is 4.74 Å². The van der Waals surface area contributed by atoms with E-state index in [0.29, 0.717) is 5.88 Å². The van der Waals surface area contributed by atoms with Gasteiger partial charge in [-0.25, -0.2) is 4.98 Å². The maximum Gasteiger partial charge on any atom is 0.232 e. The minimum atomic E-state index is 0.166. The minimum Gasteiger partial charge on any atom is -0.438 e. The van der Waals surface area contributed by atoms with E-state index in [1.165, 1.54) is 17.4 Å². The van der Waals surface area contributed by atoms with Crippen LogP contribution >= 0.6 is 22.9 Å². The summed E-state index contributed by atoms with van der Waals surface area (Å²) in [4.78, 5) is 9.18.